The molecule has 0 aromatic heterocycles. The molecular formula is C14H17F4NO2. The Kier molecular flexibility index (Phi) is 4.99. The summed E-state index contributed by atoms with van der Waals surface area (Å²) in [6.45, 7) is 4.72. The molecule has 1 atom stereocenters. The van der Waals surface area contributed by atoms with Gasteiger partial charge < -0.3 is 10.4 Å². The van der Waals surface area contributed by atoms with E-state index in [0.29, 0.717) is 18.2 Å². The second-order valence-corrected chi connectivity index (χ2v) is 5.39. The van der Waals surface area contributed by atoms with Crippen molar-refractivity contribution in [3.63, 3.8) is 0 Å². The van der Waals surface area contributed by atoms with Gasteiger partial charge in [-0.1, -0.05) is 13.8 Å². The summed E-state index contributed by atoms with van der Waals surface area (Å²) in [5, 5.41) is 12.2. The Bertz CT molecular complexity index is 524. The first-order valence-electron chi connectivity index (χ1n) is 6.32. The maximum absolute atomic E-state index is 13.5. The fraction of sp³-hybridized carbons (Fsp3) is 0.500. The van der Waals surface area contributed by atoms with Crippen LogP contribution >= 0.6 is 0 Å². The molecule has 0 aliphatic rings. The van der Waals surface area contributed by atoms with Crippen molar-refractivity contribution in [2.75, 3.05) is 6.54 Å². The van der Waals surface area contributed by atoms with Gasteiger partial charge in [-0.25, -0.2) is 4.39 Å². The zero-order chi connectivity index (χ0) is 16.4. The summed E-state index contributed by atoms with van der Waals surface area (Å²) in [6.07, 6.45) is -4.66. The molecule has 0 saturated carbocycles. The number of benzene rings is 1. The molecular weight excluding hydrogens is 290 g/mol. The van der Waals surface area contributed by atoms with Gasteiger partial charge >= 0.3 is 6.18 Å². The first-order valence-corrected chi connectivity index (χ1v) is 6.32. The van der Waals surface area contributed by atoms with Crippen molar-refractivity contribution in [3.8, 4) is 0 Å². The van der Waals surface area contributed by atoms with E-state index in [-0.39, 0.29) is 12.5 Å². The van der Waals surface area contributed by atoms with E-state index in [9.17, 15) is 27.5 Å². The molecule has 118 valence electrons. The van der Waals surface area contributed by atoms with E-state index >= 15 is 0 Å². The Morgan fingerprint density at radius 1 is 1.33 bits per heavy atom. The summed E-state index contributed by atoms with van der Waals surface area (Å²) in [5.41, 5.74) is -3.05. The Hall–Kier alpha value is -1.63. The van der Waals surface area contributed by atoms with Gasteiger partial charge in [0.05, 0.1) is 16.7 Å². The van der Waals surface area contributed by atoms with E-state index in [1.807, 2.05) is 0 Å². The van der Waals surface area contributed by atoms with E-state index in [2.05, 4.69) is 5.32 Å². The lowest BCUT2D eigenvalue weighted by Crippen LogP contribution is -2.44. The number of hydrogen-bond donors (Lipinski definition) is 2. The Morgan fingerprint density at radius 3 is 2.38 bits per heavy atom. The summed E-state index contributed by atoms with van der Waals surface area (Å²) in [4.78, 5) is 11.8. The van der Waals surface area contributed by atoms with E-state index in [1.165, 1.54) is 6.92 Å². The van der Waals surface area contributed by atoms with E-state index in [0.717, 1.165) is 0 Å². The number of hydrogen-bond acceptors (Lipinski definition) is 2. The quantitative estimate of drug-likeness (QED) is 0.840. The van der Waals surface area contributed by atoms with Crippen molar-refractivity contribution in [2.45, 2.75) is 32.5 Å². The van der Waals surface area contributed by atoms with Gasteiger partial charge in [-0.05, 0) is 31.0 Å². The van der Waals surface area contributed by atoms with Crippen LogP contribution in [0.1, 0.15) is 36.7 Å². The number of nitrogens with one attached hydrogen (secondary N) is 1. The van der Waals surface area contributed by atoms with Crippen LogP contribution in [0.3, 0.4) is 0 Å². The first-order chi connectivity index (χ1) is 9.45. The summed E-state index contributed by atoms with van der Waals surface area (Å²) < 4.78 is 51.1. The number of rotatable bonds is 4. The minimum atomic E-state index is -4.66. The molecule has 0 fully saturated rings. The second-order valence-electron chi connectivity index (χ2n) is 5.39. The zero-order valence-electron chi connectivity index (χ0n) is 11.9. The molecule has 0 aliphatic heterocycles. The van der Waals surface area contributed by atoms with Crippen molar-refractivity contribution >= 4 is 5.91 Å². The molecule has 7 heteroatoms. The fourth-order valence-corrected chi connectivity index (χ4v) is 1.43. The highest BCUT2D eigenvalue weighted by Crippen LogP contribution is 2.30. The third-order valence-electron chi connectivity index (χ3n) is 3.39. The molecule has 3 nitrogen and oxygen atoms in total. The van der Waals surface area contributed by atoms with Crippen LogP contribution < -0.4 is 5.32 Å². The number of aliphatic hydroxyl groups is 1. The summed E-state index contributed by atoms with van der Waals surface area (Å²) in [5.74, 6) is -2.24. The molecule has 1 aromatic rings. The SMILES string of the molecule is CC(C)C(C)(O)CNC(=O)c1cc(C(F)(F)F)ccc1F. The maximum Gasteiger partial charge on any atom is 0.416 e. The van der Waals surface area contributed by atoms with E-state index in [1.54, 1.807) is 13.8 Å². The fourth-order valence-electron chi connectivity index (χ4n) is 1.43. The lowest BCUT2D eigenvalue weighted by molar-refractivity contribution is -0.137. The molecule has 0 heterocycles. The van der Waals surface area contributed by atoms with Crippen LogP contribution in [-0.4, -0.2) is 23.2 Å². The van der Waals surface area contributed by atoms with E-state index in [4.69, 9.17) is 0 Å². The van der Waals surface area contributed by atoms with Crippen molar-refractivity contribution in [2.24, 2.45) is 5.92 Å². The third-order valence-corrected chi connectivity index (χ3v) is 3.39. The van der Waals surface area contributed by atoms with Crippen LogP contribution in [0.4, 0.5) is 17.6 Å². The van der Waals surface area contributed by atoms with E-state index < -0.39 is 34.6 Å². The first kappa shape index (κ1) is 17.4. The normalized spacial score (nSPS) is 14.9. The highest BCUT2D eigenvalue weighted by molar-refractivity contribution is 5.94. The highest BCUT2D eigenvalue weighted by Gasteiger charge is 2.32. The van der Waals surface area contributed by atoms with Crippen LogP contribution in [-0.2, 0) is 6.18 Å². The van der Waals surface area contributed by atoms with Crippen LogP contribution in [0, 0.1) is 11.7 Å². The molecule has 0 bridgehead atoms. The van der Waals surface area contributed by atoms with Gasteiger partial charge in [-0.3, -0.25) is 4.79 Å². The molecule has 0 radical (unpaired) electrons. The van der Waals surface area contributed by atoms with Gasteiger partial charge in [0.15, 0.2) is 0 Å². The highest BCUT2D eigenvalue weighted by atomic mass is 19.4. The Balaban J connectivity index is 2.93. The molecule has 1 unspecified atom stereocenters. The van der Waals surface area contributed by atoms with Gasteiger partial charge in [0.2, 0.25) is 0 Å². The van der Waals surface area contributed by atoms with Crippen molar-refractivity contribution in [3.05, 3.63) is 35.1 Å². The molecule has 1 amide bonds. The predicted molar refractivity (Wildman–Crippen MR) is 69.2 cm³/mol. The monoisotopic (exact) mass is 307 g/mol. The predicted octanol–water partition coefficient (Wildman–Crippen LogP) is 2.98. The molecule has 0 aliphatic carbocycles. The zero-order valence-corrected chi connectivity index (χ0v) is 11.9. The number of halogens is 4. The van der Waals surface area contributed by atoms with Crippen molar-refractivity contribution in [1.29, 1.82) is 0 Å². The smallest absolute Gasteiger partial charge is 0.388 e. The van der Waals surface area contributed by atoms with Crippen molar-refractivity contribution < 1.29 is 27.5 Å². The molecule has 2 N–H and O–H groups in total. The van der Waals surface area contributed by atoms with Crippen molar-refractivity contribution in [1.82, 2.24) is 5.32 Å². The second kappa shape index (κ2) is 6.01. The minimum absolute atomic E-state index is 0.191. The van der Waals surface area contributed by atoms with Crippen LogP contribution in [0.15, 0.2) is 18.2 Å². The average molecular weight is 307 g/mol. The number of carbonyl (C=O) groups is 1. The average Bonchev–Trinajstić information content (AvgIpc) is 2.35. The van der Waals surface area contributed by atoms with Crippen LogP contribution in [0.5, 0.6) is 0 Å². The number of amides is 1. The van der Waals surface area contributed by atoms with Crippen LogP contribution in [0.25, 0.3) is 0 Å². The van der Waals surface area contributed by atoms with Crippen LogP contribution in [0.2, 0.25) is 0 Å². The third kappa shape index (κ3) is 4.42. The van der Waals surface area contributed by atoms with Gasteiger partial charge in [0.1, 0.15) is 5.82 Å². The van der Waals surface area contributed by atoms with Gasteiger partial charge in [-0.15, -0.1) is 0 Å². The summed E-state index contributed by atoms with van der Waals surface area (Å²) >= 11 is 0. The molecule has 1 rings (SSSR count). The maximum atomic E-state index is 13.5. The van der Waals surface area contributed by atoms with Gasteiger partial charge in [-0.2, -0.15) is 13.2 Å². The largest absolute Gasteiger partial charge is 0.416 e. The lowest BCUT2D eigenvalue weighted by Gasteiger charge is -2.27. The minimum Gasteiger partial charge on any atom is -0.388 e. The molecule has 0 spiro atoms. The van der Waals surface area contributed by atoms with Gasteiger partial charge in [0, 0.05) is 6.54 Å². The molecule has 0 saturated heterocycles. The summed E-state index contributed by atoms with van der Waals surface area (Å²) in [7, 11) is 0. The summed E-state index contributed by atoms with van der Waals surface area (Å²) in [6, 6.07) is 1.61. The molecule has 1 aromatic carbocycles. The number of alkyl halides is 3. The standard InChI is InChI=1S/C14H17F4NO2/c1-8(2)13(3,21)7-19-12(20)10-6-9(14(16,17)18)4-5-11(10)15/h4-6,8,21H,7H2,1-3H3,(H,19,20). The topological polar surface area (TPSA) is 49.3 Å². The Morgan fingerprint density at radius 2 is 1.90 bits per heavy atom. The Labute approximate surface area is 120 Å². The number of carbonyl (C=O) groups excluding carboxylic acids is 1. The van der Waals surface area contributed by atoms with Gasteiger partial charge in [0.25, 0.3) is 5.91 Å². The molecule has 21 heavy (non-hydrogen) atoms. The lowest BCUT2D eigenvalue weighted by atomic mass is 9.92.